The highest BCUT2D eigenvalue weighted by molar-refractivity contribution is 6.05. The van der Waals surface area contributed by atoms with Gasteiger partial charge in [-0.05, 0) is 11.6 Å². The molecule has 1 fully saturated rings. The number of benzene rings is 1. The molecule has 1 saturated heterocycles. The van der Waals surface area contributed by atoms with Gasteiger partial charge in [0.2, 0.25) is 11.6 Å². The molecule has 1 N–H and O–H groups in total. The van der Waals surface area contributed by atoms with Crippen molar-refractivity contribution in [2.24, 2.45) is 0 Å². The first-order valence-corrected chi connectivity index (χ1v) is 7.86. The quantitative estimate of drug-likeness (QED) is 0.782. The Balaban J connectivity index is 2.02. The van der Waals surface area contributed by atoms with Crippen LogP contribution in [0.25, 0.3) is 0 Å². The summed E-state index contributed by atoms with van der Waals surface area (Å²) >= 11 is 0. The van der Waals surface area contributed by atoms with Crippen molar-refractivity contribution in [3.05, 3.63) is 36.0 Å². The van der Waals surface area contributed by atoms with Gasteiger partial charge in [-0.25, -0.2) is 4.98 Å². The van der Waals surface area contributed by atoms with E-state index in [9.17, 15) is 9.90 Å². The van der Waals surface area contributed by atoms with Crippen molar-refractivity contribution in [1.29, 1.82) is 0 Å². The first kappa shape index (κ1) is 17.8. The van der Waals surface area contributed by atoms with Crippen molar-refractivity contribution < 1.29 is 28.8 Å². The molecule has 1 amide bonds. The molecule has 8 heteroatoms. The minimum Gasteiger partial charge on any atom is -0.493 e. The number of anilines is 1. The molecule has 1 aromatic carbocycles. The van der Waals surface area contributed by atoms with Gasteiger partial charge in [0.05, 0.1) is 40.2 Å². The van der Waals surface area contributed by atoms with E-state index in [1.807, 2.05) is 0 Å². The summed E-state index contributed by atoms with van der Waals surface area (Å²) in [5, 5.41) is 10.2. The Morgan fingerprint density at radius 3 is 2.12 bits per heavy atom. The molecule has 26 heavy (non-hydrogen) atoms. The molecule has 1 aliphatic rings. The Labute approximate surface area is 150 Å². The van der Waals surface area contributed by atoms with Crippen LogP contribution in [0.4, 0.5) is 5.69 Å². The second-order valence-corrected chi connectivity index (χ2v) is 5.62. The van der Waals surface area contributed by atoms with Crippen LogP contribution in [-0.2, 0) is 4.79 Å². The number of β-lactam (4-membered cyclic amide) rings is 1. The van der Waals surface area contributed by atoms with Gasteiger partial charge in [0.1, 0.15) is 0 Å². The number of carbonyl (C=O) groups is 1. The number of aliphatic hydroxyl groups excluding tert-OH is 1. The number of pyridine rings is 1. The number of nitrogens with zero attached hydrogens (tertiary/aromatic N) is 2. The first-order valence-electron chi connectivity index (χ1n) is 7.86. The minimum absolute atomic E-state index is 0.417. The fourth-order valence-electron chi connectivity index (χ4n) is 2.99. The van der Waals surface area contributed by atoms with Crippen molar-refractivity contribution >= 4 is 11.6 Å². The molecule has 1 aliphatic heterocycles. The standard InChI is InChI=1S/C18H20N2O6/c1-23-12-7-11(8-13(24-2)17(12)26-4)20-15(16(21)18(20)22)10-5-6-14(25-3)19-9-10/h5-9,15-16,21H,1-4H3. The maximum Gasteiger partial charge on any atom is 0.259 e. The van der Waals surface area contributed by atoms with Gasteiger partial charge in [-0.1, -0.05) is 0 Å². The summed E-state index contributed by atoms with van der Waals surface area (Å²) in [7, 11) is 6.02. The Bertz CT molecular complexity index is 783. The Kier molecular flexibility index (Phi) is 4.85. The second kappa shape index (κ2) is 7.09. The van der Waals surface area contributed by atoms with E-state index in [2.05, 4.69) is 4.98 Å². The summed E-state index contributed by atoms with van der Waals surface area (Å²) in [6.07, 6.45) is 0.425. The highest BCUT2D eigenvalue weighted by atomic mass is 16.5. The highest BCUT2D eigenvalue weighted by Gasteiger charge is 2.48. The third-order valence-corrected chi connectivity index (χ3v) is 4.31. The molecule has 0 bridgehead atoms. The maximum atomic E-state index is 12.3. The Morgan fingerprint density at radius 1 is 1.00 bits per heavy atom. The Morgan fingerprint density at radius 2 is 1.65 bits per heavy atom. The van der Waals surface area contributed by atoms with Crippen molar-refractivity contribution in [3.8, 4) is 23.1 Å². The minimum atomic E-state index is -1.15. The predicted octanol–water partition coefficient (Wildman–Crippen LogP) is 1.56. The number of aliphatic hydroxyl groups is 1. The highest BCUT2D eigenvalue weighted by Crippen LogP contribution is 2.46. The molecule has 0 saturated carbocycles. The summed E-state index contributed by atoms with van der Waals surface area (Å²) in [4.78, 5) is 18.0. The normalized spacial score (nSPS) is 19.0. The van der Waals surface area contributed by atoms with Gasteiger partial charge in [-0.2, -0.15) is 0 Å². The van der Waals surface area contributed by atoms with E-state index in [-0.39, 0.29) is 0 Å². The zero-order valence-corrected chi connectivity index (χ0v) is 14.9. The molecule has 8 nitrogen and oxygen atoms in total. The lowest BCUT2D eigenvalue weighted by atomic mass is 9.91. The summed E-state index contributed by atoms with van der Waals surface area (Å²) in [6, 6.07) is 6.20. The van der Waals surface area contributed by atoms with Crippen LogP contribution >= 0.6 is 0 Å². The van der Waals surface area contributed by atoms with Crippen LogP contribution in [0.5, 0.6) is 23.1 Å². The van der Waals surface area contributed by atoms with Crippen LogP contribution in [-0.4, -0.2) is 50.5 Å². The number of ether oxygens (including phenoxy) is 4. The third kappa shape index (κ3) is 2.78. The molecular formula is C18H20N2O6. The molecule has 2 unspecified atom stereocenters. The molecule has 3 rings (SSSR count). The molecule has 0 radical (unpaired) electrons. The van der Waals surface area contributed by atoms with Gasteiger partial charge in [0.15, 0.2) is 17.6 Å². The number of carbonyl (C=O) groups excluding carboxylic acids is 1. The van der Waals surface area contributed by atoms with Crippen LogP contribution < -0.4 is 23.8 Å². The molecule has 138 valence electrons. The monoisotopic (exact) mass is 360 g/mol. The van der Waals surface area contributed by atoms with E-state index in [1.54, 1.807) is 30.5 Å². The Hall–Kier alpha value is -3.00. The summed E-state index contributed by atoms with van der Waals surface area (Å²) < 4.78 is 21.0. The van der Waals surface area contributed by atoms with Gasteiger partial charge in [0, 0.05) is 24.4 Å². The van der Waals surface area contributed by atoms with E-state index in [4.69, 9.17) is 18.9 Å². The molecule has 0 spiro atoms. The van der Waals surface area contributed by atoms with Crippen LogP contribution in [0.2, 0.25) is 0 Å². The zero-order chi connectivity index (χ0) is 18.8. The lowest BCUT2D eigenvalue weighted by Gasteiger charge is -2.44. The number of hydrogen-bond acceptors (Lipinski definition) is 7. The van der Waals surface area contributed by atoms with E-state index in [0.29, 0.717) is 34.4 Å². The third-order valence-electron chi connectivity index (χ3n) is 4.31. The number of aromatic nitrogens is 1. The number of methoxy groups -OCH3 is 4. The first-order chi connectivity index (χ1) is 12.5. The summed E-state index contributed by atoms with van der Waals surface area (Å²) in [5.41, 5.74) is 1.21. The maximum absolute atomic E-state index is 12.3. The van der Waals surface area contributed by atoms with Crippen molar-refractivity contribution in [2.75, 3.05) is 33.3 Å². The van der Waals surface area contributed by atoms with Gasteiger partial charge in [0.25, 0.3) is 5.91 Å². The van der Waals surface area contributed by atoms with Crippen LogP contribution in [0.15, 0.2) is 30.5 Å². The lowest BCUT2D eigenvalue weighted by Crippen LogP contribution is -2.59. The molecule has 0 aliphatic carbocycles. The predicted molar refractivity (Wildman–Crippen MR) is 93.1 cm³/mol. The topological polar surface area (TPSA) is 90.4 Å². The number of rotatable bonds is 6. The van der Waals surface area contributed by atoms with E-state index in [0.717, 1.165) is 0 Å². The molecule has 2 heterocycles. The zero-order valence-electron chi connectivity index (χ0n) is 14.9. The molecule has 2 aromatic rings. The largest absolute Gasteiger partial charge is 0.493 e. The lowest BCUT2D eigenvalue weighted by molar-refractivity contribution is -0.137. The number of hydrogen-bond donors (Lipinski definition) is 1. The van der Waals surface area contributed by atoms with Crippen LogP contribution in [0, 0.1) is 0 Å². The SMILES string of the molecule is COc1ccc(C2C(O)C(=O)N2c2cc(OC)c(OC)c(OC)c2)cn1. The second-order valence-electron chi connectivity index (χ2n) is 5.62. The average molecular weight is 360 g/mol. The van der Waals surface area contributed by atoms with E-state index < -0.39 is 18.1 Å². The van der Waals surface area contributed by atoms with E-state index in [1.165, 1.54) is 33.3 Å². The van der Waals surface area contributed by atoms with Gasteiger partial charge in [-0.15, -0.1) is 0 Å². The van der Waals surface area contributed by atoms with Crippen molar-refractivity contribution in [3.63, 3.8) is 0 Å². The summed E-state index contributed by atoms with van der Waals surface area (Å²) in [5.74, 6) is 1.30. The molecule has 1 aromatic heterocycles. The van der Waals surface area contributed by atoms with Crippen LogP contribution in [0.3, 0.4) is 0 Å². The van der Waals surface area contributed by atoms with Gasteiger partial charge in [-0.3, -0.25) is 9.69 Å². The fraction of sp³-hybridized carbons (Fsp3) is 0.333. The smallest absolute Gasteiger partial charge is 0.259 e. The summed E-state index contributed by atoms with van der Waals surface area (Å²) in [6.45, 7) is 0. The van der Waals surface area contributed by atoms with Gasteiger partial charge >= 0.3 is 0 Å². The van der Waals surface area contributed by atoms with Crippen molar-refractivity contribution in [1.82, 2.24) is 4.98 Å². The van der Waals surface area contributed by atoms with Crippen molar-refractivity contribution in [2.45, 2.75) is 12.1 Å². The van der Waals surface area contributed by atoms with Gasteiger partial charge < -0.3 is 24.1 Å². The number of amides is 1. The molecule has 2 atom stereocenters. The molecular weight excluding hydrogens is 340 g/mol. The van der Waals surface area contributed by atoms with E-state index >= 15 is 0 Å². The van der Waals surface area contributed by atoms with Crippen LogP contribution in [0.1, 0.15) is 11.6 Å². The fourth-order valence-corrected chi connectivity index (χ4v) is 2.99. The average Bonchev–Trinajstić information content (AvgIpc) is 2.70.